The van der Waals surface area contributed by atoms with Crippen molar-refractivity contribution in [2.45, 2.75) is 31.7 Å². The van der Waals surface area contributed by atoms with Crippen molar-refractivity contribution in [2.24, 2.45) is 0 Å². The summed E-state index contributed by atoms with van der Waals surface area (Å²) in [7, 11) is -4.09. The summed E-state index contributed by atoms with van der Waals surface area (Å²) < 4.78 is 34.7. The highest BCUT2D eigenvalue weighted by atomic mass is 32.2. The molecule has 0 aliphatic rings. The Hall–Kier alpha value is -4.10. The molecular weight excluding hydrogens is 496 g/mol. The van der Waals surface area contributed by atoms with Crippen LogP contribution in [-0.4, -0.2) is 27.5 Å². The van der Waals surface area contributed by atoms with Gasteiger partial charge in [-0.15, -0.1) is 0 Å². The molecule has 0 radical (unpaired) electrons. The van der Waals surface area contributed by atoms with Crippen LogP contribution in [0.3, 0.4) is 0 Å². The lowest BCUT2D eigenvalue weighted by molar-refractivity contribution is -0.120. The minimum atomic E-state index is -4.09. The number of carbonyl (C=O) groups excluding carboxylic acids is 1. The summed E-state index contributed by atoms with van der Waals surface area (Å²) in [5, 5.41) is 3.08. The molecule has 0 heterocycles. The average Bonchev–Trinajstić information content (AvgIpc) is 2.92. The summed E-state index contributed by atoms with van der Waals surface area (Å²) >= 11 is 0. The summed E-state index contributed by atoms with van der Waals surface area (Å²) in [6.07, 6.45) is 0. The Balaban J connectivity index is 1.73. The molecule has 1 N–H and O–H groups in total. The number of hydrogen-bond acceptors (Lipinski definition) is 4. The Morgan fingerprint density at radius 2 is 1.47 bits per heavy atom. The third kappa shape index (κ3) is 6.23. The van der Waals surface area contributed by atoms with Crippen molar-refractivity contribution >= 4 is 21.6 Å². The molecule has 0 spiro atoms. The van der Waals surface area contributed by atoms with E-state index >= 15 is 0 Å². The first-order chi connectivity index (χ1) is 18.3. The molecule has 1 atom stereocenters. The predicted molar refractivity (Wildman–Crippen MR) is 151 cm³/mol. The molecule has 0 saturated heterocycles. The maximum absolute atomic E-state index is 13.9. The zero-order valence-corrected chi connectivity index (χ0v) is 22.6. The monoisotopic (exact) mass is 528 g/mol. The Bertz CT molecular complexity index is 1490. The van der Waals surface area contributed by atoms with E-state index in [1.807, 2.05) is 75.4 Å². The summed E-state index contributed by atoms with van der Waals surface area (Å²) in [4.78, 5) is 13.7. The number of para-hydroxylation sites is 2. The van der Waals surface area contributed by atoms with E-state index in [-0.39, 0.29) is 4.90 Å². The van der Waals surface area contributed by atoms with Gasteiger partial charge in [0.25, 0.3) is 10.0 Å². The zero-order valence-electron chi connectivity index (χ0n) is 21.8. The lowest BCUT2D eigenvalue weighted by Crippen LogP contribution is -2.42. The number of hydrogen-bond donors (Lipinski definition) is 1. The predicted octanol–water partition coefficient (Wildman–Crippen LogP) is 5.80. The van der Waals surface area contributed by atoms with Gasteiger partial charge < -0.3 is 10.1 Å². The number of benzene rings is 4. The summed E-state index contributed by atoms with van der Waals surface area (Å²) in [5.41, 5.74) is 4.11. The molecule has 4 aromatic rings. The molecular formula is C31H32N2O4S. The molecule has 0 aliphatic carbocycles. The fraction of sp³-hybridized carbons (Fsp3) is 0.194. The SMILES string of the molecule is CCOc1ccccc1N(CC(=O)NC(c1ccccc1)c1cccc(C)c1)S(=O)(=O)c1ccc(C)cc1. The van der Waals surface area contributed by atoms with E-state index in [1.165, 1.54) is 0 Å². The highest BCUT2D eigenvalue weighted by molar-refractivity contribution is 7.92. The van der Waals surface area contributed by atoms with Gasteiger partial charge in [0.1, 0.15) is 12.3 Å². The molecule has 0 fully saturated rings. The van der Waals surface area contributed by atoms with E-state index in [0.29, 0.717) is 18.0 Å². The van der Waals surface area contributed by atoms with Gasteiger partial charge in [0, 0.05) is 0 Å². The number of rotatable bonds is 10. The van der Waals surface area contributed by atoms with Crippen molar-refractivity contribution in [2.75, 3.05) is 17.5 Å². The van der Waals surface area contributed by atoms with Crippen LogP contribution in [-0.2, 0) is 14.8 Å². The Labute approximate surface area is 225 Å². The van der Waals surface area contributed by atoms with Gasteiger partial charge in [-0.2, -0.15) is 0 Å². The molecule has 4 aromatic carbocycles. The van der Waals surface area contributed by atoms with Gasteiger partial charge in [0.2, 0.25) is 5.91 Å². The van der Waals surface area contributed by atoms with E-state index in [4.69, 9.17) is 4.74 Å². The molecule has 1 unspecified atom stereocenters. The number of anilines is 1. The van der Waals surface area contributed by atoms with Gasteiger partial charge >= 0.3 is 0 Å². The summed E-state index contributed by atoms with van der Waals surface area (Å²) in [6, 6.07) is 30.5. The first kappa shape index (κ1) is 26.9. The first-order valence-electron chi connectivity index (χ1n) is 12.5. The fourth-order valence-corrected chi connectivity index (χ4v) is 5.70. The summed E-state index contributed by atoms with van der Waals surface area (Å²) in [6.45, 7) is 5.64. The van der Waals surface area contributed by atoms with E-state index < -0.39 is 28.5 Å². The van der Waals surface area contributed by atoms with Crippen molar-refractivity contribution in [1.82, 2.24) is 5.32 Å². The second kappa shape index (κ2) is 12.0. The molecule has 38 heavy (non-hydrogen) atoms. The lowest BCUT2D eigenvalue weighted by Gasteiger charge is -2.27. The molecule has 0 bridgehead atoms. The normalized spacial score (nSPS) is 12.0. The second-order valence-electron chi connectivity index (χ2n) is 9.05. The number of amides is 1. The van der Waals surface area contributed by atoms with Gasteiger partial charge in [0.15, 0.2) is 0 Å². The van der Waals surface area contributed by atoms with Crippen molar-refractivity contribution < 1.29 is 17.9 Å². The van der Waals surface area contributed by atoms with Gasteiger partial charge in [-0.1, -0.05) is 90.0 Å². The van der Waals surface area contributed by atoms with Gasteiger partial charge in [-0.05, 0) is 56.2 Å². The number of carbonyl (C=O) groups is 1. The van der Waals surface area contributed by atoms with Crippen LogP contribution < -0.4 is 14.4 Å². The fourth-order valence-electron chi connectivity index (χ4n) is 4.27. The molecule has 4 rings (SSSR count). The number of nitrogens with one attached hydrogen (secondary N) is 1. The number of sulfonamides is 1. The Morgan fingerprint density at radius 1 is 0.816 bits per heavy atom. The maximum Gasteiger partial charge on any atom is 0.264 e. The van der Waals surface area contributed by atoms with Crippen molar-refractivity contribution in [3.63, 3.8) is 0 Å². The average molecular weight is 529 g/mol. The third-order valence-corrected chi connectivity index (χ3v) is 7.92. The molecule has 6 nitrogen and oxygen atoms in total. The zero-order chi connectivity index (χ0) is 27.1. The third-order valence-electron chi connectivity index (χ3n) is 6.14. The van der Waals surface area contributed by atoms with E-state index in [2.05, 4.69) is 5.32 Å². The second-order valence-corrected chi connectivity index (χ2v) is 10.9. The van der Waals surface area contributed by atoms with Crippen molar-refractivity contribution in [3.8, 4) is 5.75 Å². The van der Waals surface area contributed by atoms with Crippen LogP contribution in [0.2, 0.25) is 0 Å². The smallest absolute Gasteiger partial charge is 0.264 e. The van der Waals surface area contributed by atoms with Crippen LogP contribution in [0.25, 0.3) is 0 Å². The molecule has 0 aliphatic heterocycles. The molecule has 0 saturated carbocycles. The summed E-state index contributed by atoms with van der Waals surface area (Å²) in [5.74, 6) is -0.0564. The van der Waals surface area contributed by atoms with Gasteiger partial charge in [-0.3, -0.25) is 9.10 Å². The topological polar surface area (TPSA) is 75.7 Å². The largest absolute Gasteiger partial charge is 0.492 e. The first-order valence-corrected chi connectivity index (χ1v) is 14.0. The van der Waals surface area contributed by atoms with Crippen LogP contribution in [0.4, 0.5) is 5.69 Å². The lowest BCUT2D eigenvalue weighted by atomic mass is 9.97. The van der Waals surface area contributed by atoms with Crippen LogP contribution in [0.15, 0.2) is 108 Å². The standard InChI is InChI=1S/C31H32N2O4S/c1-4-37-29-16-9-8-15-28(29)33(38(35,36)27-19-17-23(2)18-20-27)22-30(34)32-31(25-12-6-5-7-13-25)26-14-10-11-24(3)21-26/h5-21,31H,4,22H2,1-3H3,(H,32,34). The number of aryl methyl sites for hydroxylation is 2. The number of ether oxygens (including phenoxy) is 1. The molecule has 0 aromatic heterocycles. The minimum Gasteiger partial charge on any atom is -0.492 e. The van der Waals surface area contributed by atoms with E-state index in [1.54, 1.807) is 48.5 Å². The van der Waals surface area contributed by atoms with Gasteiger partial charge in [-0.25, -0.2) is 8.42 Å². The highest BCUT2D eigenvalue weighted by Gasteiger charge is 2.30. The van der Waals surface area contributed by atoms with E-state index in [9.17, 15) is 13.2 Å². The maximum atomic E-state index is 13.9. The van der Waals surface area contributed by atoms with Crippen LogP contribution >= 0.6 is 0 Å². The van der Waals surface area contributed by atoms with E-state index in [0.717, 1.165) is 26.6 Å². The molecule has 7 heteroatoms. The van der Waals surface area contributed by atoms with Crippen LogP contribution in [0.5, 0.6) is 5.75 Å². The van der Waals surface area contributed by atoms with Crippen molar-refractivity contribution in [1.29, 1.82) is 0 Å². The van der Waals surface area contributed by atoms with Crippen LogP contribution in [0.1, 0.15) is 35.2 Å². The quantitative estimate of drug-likeness (QED) is 0.282. The minimum absolute atomic E-state index is 0.0977. The Kier molecular flexibility index (Phi) is 8.48. The molecule has 1 amide bonds. The highest BCUT2D eigenvalue weighted by Crippen LogP contribution is 2.33. The van der Waals surface area contributed by atoms with Crippen LogP contribution in [0, 0.1) is 13.8 Å². The van der Waals surface area contributed by atoms with Crippen molar-refractivity contribution in [3.05, 3.63) is 125 Å². The van der Waals surface area contributed by atoms with Gasteiger partial charge in [0.05, 0.1) is 23.2 Å². The Morgan fingerprint density at radius 3 is 2.16 bits per heavy atom. The molecule has 196 valence electrons. The number of nitrogens with zero attached hydrogens (tertiary/aromatic N) is 1.